The van der Waals surface area contributed by atoms with Crippen LogP contribution in [0, 0.1) is 19.7 Å². The van der Waals surface area contributed by atoms with Gasteiger partial charge in [0.1, 0.15) is 17.6 Å². The van der Waals surface area contributed by atoms with E-state index in [0.29, 0.717) is 12.2 Å². The third-order valence-corrected chi connectivity index (χ3v) is 4.99. The third-order valence-electron chi connectivity index (χ3n) is 4.99. The summed E-state index contributed by atoms with van der Waals surface area (Å²) in [6.45, 7) is 11.5. The van der Waals surface area contributed by atoms with Gasteiger partial charge in [0.25, 0.3) is 5.91 Å². The number of hydrogen-bond acceptors (Lipinski definition) is 3. The Hall–Kier alpha value is -2.89. The molecule has 0 fully saturated rings. The summed E-state index contributed by atoms with van der Waals surface area (Å²) in [6, 6.07) is 10.9. The van der Waals surface area contributed by atoms with Crippen molar-refractivity contribution in [2.24, 2.45) is 0 Å². The summed E-state index contributed by atoms with van der Waals surface area (Å²) in [5.41, 5.74) is 2.53. The highest BCUT2D eigenvalue weighted by Crippen LogP contribution is 2.18. The van der Waals surface area contributed by atoms with Gasteiger partial charge in [0.15, 0.2) is 6.61 Å². The van der Waals surface area contributed by atoms with Crippen LogP contribution in [0.2, 0.25) is 0 Å². The van der Waals surface area contributed by atoms with Gasteiger partial charge in [0.05, 0.1) is 0 Å². The molecule has 168 valence electrons. The van der Waals surface area contributed by atoms with E-state index in [0.717, 1.165) is 16.7 Å². The van der Waals surface area contributed by atoms with Gasteiger partial charge in [0, 0.05) is 12.1 Å². The van der Waals surface area contributed by atoms with Gasteiger partial charge < -0.3 is 15.0 Å². The SMILES string of the molecule is CC[C@H](C(=O)NC(C)(C)C)N(Cc1ccc(F)cc1)C(=O)COc1ccc(C)c(C)c1. The van der Waals surface area contributed by atoms with E-state index in [1.165, 1.54) is 17.0 Å². The zero-order valence-corrected chi connectivity index (χ0v) is 19.3. The lowest BCUT2D eigenvalue weighted by atomic mass is 10.1. The first-order valence-corrected chi connectivity index (χ1v) is 10.6. The summed E-state index contributed by atoms with van der Waals surface area (Å²) < 4.78 is 19.1. The van der Waals surface area contributed by atoms with Crippen molar-refractivity contribution >= 4 is 11.8 Å². The van der Waals surface area contributed by atoms with E-state index in [1.54, 1.807) is 12.1 Å². The Morgan fingerprint density at radius 2 is 1.71 bits per heavy atom. The second kappa shape index (κ2) is 10.4. The van der Waals surface area contributed by atoms with E-state index < -0.39 is 11.6 Å². The molecule has 6 heteroatoms. The van der Waals surface area contributed by atoms with Crippen LogP contribution in [-0.2, 0) is 16.1 Å². The molecule has 2 amide bonds. The summed E-state index contributed by atoms with van der Waals surface area (Å²) in [4.78, 5) is 27.6. The Balaban J connectivity index is 2.23. The van der Waals surface area contributed by atoms with E-state index in [2.05, 4.69) is 5.32 Å². The molecule has 31 heavy (non-hydrogen) atoms. The van der Waals surface area contributed by atoms with Gasteiger partial charge in [-0.15, -0.1) is 0 Å². The summed E-state index contributed by atoms with van der Waals surface area (Å²) in [7, 11) is 0. The first kappa shape index (κ1) is 24.4. The Bertz CT molecular complexity index is 904. The number of halogens is 1. The molecule has 0 heterocycles. The van der Waals surface area contributed by atoms with Gasteiger partial charge in [-0.05, 0) is 82.0 Å². The first-order valence-electron chi connectivity index (χ1n) is 10.6. The Morgan fingerprint density at radius 1 is 1.06 bits per heavy atom. The normalized spacial score (nSPS) is 12.2. The highest BCUT2D eigenvalue weighted by Gasteiger charge is 2.30. The van der Waals surface area contributed by atoms with Crippen LogP contribution in [0.3, 0.4) is 0 Å². The molecule has 0 aliphatic rings. The lowest BCUT2D eigenvalue weighted by Gasteiger charge is -2.33. The van der Waals surface area contributed by atoms with E-state index >= 15 is 0 Å². The Labute approximate surface area is 184 Å². The predicted molar refractivity (Wildman–Crippen MR) is 120 cm³/mol. The van der Waals surface area contributed by atoms with E-state index in [1.807, 2.05) is 59.7 Å². The number of carbonyl (C=O) groups excluding carboxylic acids is 2. The lowest BCUT2D eigenvalue weighted by Crippen LogP contribution is -2.54. The van der Waals surface area contributed by atoms with Crippen LogP contribution in [0.15, 0.2) is 42.5 Å². The molecular weight excluding hydrogens is 395 g/mol. The number of ether oxygens (including phenoxy) is 1. The van der Waals surface area contributed by atoms with Gasteiger partial charge in [-0.1, -0.05) is 25.1 Å². The van der Waals surface area contributed by atoms with Gasteiger partial charge in [-0.3, -0.25) is 9.59 Å². The molecular formula is C25H33FN2O3. The molecule has 1 N–H and O–H groups in total. The molecule has 0 saturated carbocycles. The summed E-state index contributed by atoms with van der Waals surface area (Å²) in [6.07, 6.45) is 0.443. The summed E-state index contributed by atoms with van der Waals surface area (Å²) in [5, 5.41) is 2.95. The van der Waals surface area contributed by atoms with Crippen molar-refractivity contribution in [2.45, 2.75) is 66.1 Å². The molecule has 2 aromatic carbocycles. The molecule has 0 unspecified atom stereocenters. The second-order valence-electron chi connectivity index (χ2n) is 8.85. The smallest absolute Gasteiger partial charge is 0.261 e. The fraction of sp³-hybridized carbons (Fsp3) is 0.440. The van der Waals surface area contributed by atoms with Gasteiger partial charge in [-0.2, -0.15) is 0 Å². The number of benzene rings is 2. The standard InChI is InChI=1S/C25H33FN2O3/c1-7-22(24(30)27-25(4,5)6)28(15-19-9-11-20(26)12-10-19)23(29)16-31-21-13-8-17(2)18(3)14-21/h8-14,22H,7,15-16H2,1-6H3,(H,27,30)/t22-/m1/s1. The number of rotatable bonds is 8. The fourth-order valence-electron chi connectivity index (χ4n) is 3.19. The van der Waals surface area contributed by atoms with Crippen molar-refractivity contribution in [1.82, 2.24) is 10.2 Å². The maximum absolute atomic E-state index is 13.3. The van der Waals surface area contributed by atoms with Crippen molar-refractivity contribution in [3.8, 4) is 5.75 Å². The van der Waals surface area contributed by atoms with Crippen LogP contribution in [0.5, 0.6) is 5.75 Å². The molecule has 0 saturated heterocycles. The van der Waals surface area contributed by atoms with Crippen molar-refractivity contribution < 1.29 is 18.7 Å². The average molecular weight is 429 g/mol. The van der Waals surface area contributed by atoms with Crippen LogP contribution in [0.1, 0.15) is 50.8 Å². The lowest BCUT2D eigenvalue weighted by molar-refractivity contribution is -0.143. The minimum absolute atomic E-state index is 0.186. The minimum Gasteiger partial charge on any atom is -0.484 e. The highest BCUT2D eigenvalue weighted by atomic mass is 19.1. The molecule has 0 aliphatic carbocycles. The largest absolute Gasteiger partial charge is 0.484 e. The number of amides is 2. The summed E-state index contributed by atoms with van der Waals surface area (Å²) >= 11 is 0. The Morgan fingerprint density at radius 3 is 2.26 bits per heavy atom. The molecule has 5 nitrogen and oxygen atoms in total. The minimum atomic E-state index is -0.667. The molecule has 0 bridgehead atoms. The topological polar surface area (TPSA) is 58.6 Å². The van der Waals surface area contributed by atoms with Gasteiger partial charge >= 0.3 is 0 Å². The van der Waals surface area contributed by atoms with Crippen LogP contribution in [0.25, 0.3) is 0 Å². The predicted octanol–water partition coefficient (Wildman–Crippen LogP) is 4.54. The van der Waals surface area contributed by atoms with Crippen molar-refractivity contribution in [3.63, 3.8) is 0 Å². The van der Waals surface area contributed by atoms with Crippen LogP contribution >= 0.6 is 0 Å². The van der Waals surface area contributed by atoms with Crippen LogP contribution < -0.4 is 10.1 Å². The van der Waals surface area contributed by atoms with E-state index in [9.17, 15) is 14.0 Å². The third kappa shape index (κ3) is 7.39. The molecule has 0 aromatic heterocycles. The zero-order chi connectivity index (χ0) is 23.2. The molecule has 1 atom stereocenters. The molecule has 2 rings (SSSR count). The zero-order valence-electron chi connectivity index (χ0n) is 19.3. The number of nitrogens with one attached hydrogen (secondary N) is 1. The fourth-order valence-corrected chi connectivity index (χ4v) is 3.19. The first-order chi connectivity index (χ1) is 14.5. The summed E-state index contributed by atoms with van der Waals surface area (Å²) in [5.74, 6) is -0.280. The van der Waals surface area contributed by atoms with Crippen LogP contribution in [0.4, 0.5) is 4.39 Å². The van der Waals surface area contributed by atoms with Gasteiger partial charge in [-0.25, -0.2) is 4.39 Å². The second-order valence-corrected chi connectivity index (χ2v) is 8.85. The van der Waals surface area contributed by atoms with E-state index in [-0.39, 0.29) is 30.8 Å². The number of carbonyl (C=O) groups is 2. The Kier molecular flexibility index (Phi) is 8.20. The molecule has 2 aromatic rings. The molecule has 0 aliphatic heterocycles. The number of nitrogens with zero attached hydrogens (tertiary/aromatic N) is 1. The molecule has 0 radical (unpaired) electrons. The number of aryl methyl sites for hydroxylation is 2. The monoisotopic (exact) mass is 428 g/mol. The quantitative estimate of drug-likeness (QED) is 0.671. The highest BCUT2D eigenvalue weighted by molar-refractivity contribution is 5.88. The average Bonchev–Trinajstić information content (AvgIpc) is 2.68. The van der Waals surface area contributed by atoms with Crippen LogP contribution in [-0.4, -0.2) is 34.9 Å². The number of hydrogen-bond donors (Lipinski definition) is 1. The maximum Gasteiger partial charge on any atom is 0.261 e. The van der Waals surface area contributed by atoms with E-state index in [4.69, 9.17) is 4.74 Å². The van der Waals surface area contributed by atoms with Crippen molar-refractivity contribution in [2.75, 3.05) is 6.61 Å². The van der Waals surface area contributed by atoms with Gasteiger partial charge in [0.2, 0.25) is 5.91 Å². The maximum atomic E-state index is 13.3. The van der Waals surface area contributed by atoms with Crippen molar-refractivity contribution in [1.29, 1.82) is 0 Å². The molecule has 0 spiro atoms. The van der Waals surface area contributed by atoms with Crippen molar-refractivity contribution in [3.05, 3.63) is 65.0 Å².